The van der Waals surface area contributed by atoms with Gasteiger partial charge in [0.1, 0.15) is 0 Å². The first-order valence-corrected chi connectivity index (χ1v) is 7.42. The van der Waals surface area contributed by atoms with Gasteiger partial charge in [-0.2, -0.15) is 0 Å². The van der Waals surface area contributed by atoms with Crippen molar-refractivity contribution in [1.82, 2.24) is 10.3 Å². The van der Waals surface area contributed by atoms with Crippen LogP contribution in [0.5, 0.6) is 0 Å². The van der Waals surface area contributed by atoms with Crippen molar-refractivity contribution in [2.24, 2.45) is 5.73 Å². The van der Waals surface area contributed by atoms with Gasteiger partial charge in [-0.3, -0.25) is 4.79 Å². The summed E-state index contributed by atoms with van der Waals surface area (Å²) in [5, 5.41) is 4.61. The van der Waals surface area contributed by atoms with Gasteiger partial charge in [-0.15, -0.1) is 0 Å². The number of H-pyrrole nitrogens is 1. The Morgan fingerprint density at radius 1 is 1.29 bits per heavy atom. The Morgan fingerprint density at radius 3 is 2.67 bits per heavy atom. The predicted molar refractivity (Wildman–Crippen MR) is 85.8 cm³/mol. The largest absolute Gasteiger partial charge is 0.369 e. The number of nitrogens with zero attached hydrogens (tertiary/aromatic N) is 1. The van der Waals surface area contributed by atoms with Crippen molar-refractivity contribution in [1.29, 1.82) is 0 Å². The van der Waals surface area contributed by atoms with Crippen LogP contribution in [0.1, 0.15) is 16.8 Å². The number of amides is 1. The van der Waals surface area contributed by atoms with E-state index in [0.29, 0.717) is 0 Å². The van der Waals surface area contributed by atoms with E-state index in [1.165, 1.54) is 16.6 Å². The van der Waals surface area contributed by atoms with E-state index in [1.54, 1.807) is 0 Å². The second-order valence-corrected chi connectivity index (χ2v) is 5.75. The molecule has 2 aromatic rings. The summed E-state index contributed by atoms with van der Waals surface area (Å²) in [7, 11) is 0. The number of fused-ring (bicyclic) bond motifs is 1. The molecule has 0 radical (unpaired) electrons. The molecule has 4 N–H and O–H groups in total. The van der Waals surface area contributed by atoms with Crippen LogP contribution in [0, 0.1) is 13.8 Å². The monoisotopic (exact) mass is 286 g/mol. The highest BCUT2D eigenvalue weighted by atomic mass is 16.1. The third-order valence-corrected chi connectivity index (χ3v) is 4.34. The zero-order valence-electron chi connectivity index (χ0n) is 12.6. The number of anilines is 1. The van der Waals surface area contributed by atoms with Gasteiger partial charge in [-0.1, -0.05) is 6.07 Å². The number of nitrogens with one attached hydrogen (secondary N) is 2. The van der Waals surface area contributed by atoms with E-state index in [2.05, 4.69) is 35.1 Å². The van der Waals surface area contributed by atoms with E-state index in [4.69, 9.17) is 5.73 Å². The van der Waals surface area contributed by atoms with Crippen LogP contribution in [0.2, 0.25) is 0 Å². The summed E-state index contributed by atoms with van der Waals surface area (Å²) in [6.07, 6.45) is 0.276. The number of rotatable bonds is 3. The minimum absolute atomic E-state index is 0.276. The van der Waals surface area contributed by atoms with Crippen LogP contribution >= 0.6 is 0 Å². The van der Waals surface area contributed by atoms with Crippen LogP contribution in [0.4, 0.5) is 5.69 Å². The Labute approximate surface area is 124 Å². The van der Waals surface area contributed by atoms with E-state index in [9.17, 15) is 4.79 Å². The molecule has 1 aromatic carbocycles. The van der Waals surface area contributed by atoms with Gasteiger partial charge in [0.15, 0.2) is 0 Å². The van der Waals surface area contributed by atoms with Gasteiger partial charge >= 0.3 is 0 Å². The molecule has 1 fully saturated rings. The summed E-state index contributed by atoms with van der Waals surface area (Å²) < 4.78 is 0. The van der Waals surface area contributed by atoms with Gasteiger partial charge in [0.2, 0.25) is 5.91 Å². The molecule has 5 heteroatoms. The van der Waals surface area contributed by atoms with Crippen molar-refractivity contribution in [3.05, 3.63) is 29.0 Å². The zero-order valence-corrected chi connectivity index (χ0v) is 12.6. The molecule has 1 aliphatic rings. The lowest BCUT2D eigenvalue weighted by molar-refractivity contribution is -0.117. The quantitative estimate of drug-likeness (QED) is 0.794. The molecule has 1 aliphatic heterocycles. The molecule has 1 aromatic heterocycles. The topological polar surface area (TPSA) is 74.2 Å². The number of aromatic amines is 1. The number of benzene rings is 1. The fourth-order valence-corrected chi connectivity index (χ4v) is 3.13. The normalized spacial score (nSPS) is 15.6. The van der Waals surface area contributed by atoms with E-state index in [0.717, 1.165) is 43.0 Å². The van der Waals surface area contributed by atoms with Crippen LogP contribution in [0.3, 0.4) is 0 Å². The van der Waals surface area contributed by atoms with Crippen molar-refractivity contribution in [2.75, 3.05) is 31.1 Å². The predicted octanol–water partition coefficient (Wildman–Crippen LogP) is 1.22. The number of piperazine rings is 1. The average molecular weight is 286 g/mol. The molecule has 0 spiro atoms. The fourth-order valence-electron chi connectivity index (χ4n) is 3.13. The summed E-state index contributed by atoms with van der Waals surface area (Å²) in [5.41, 5.74) is 11.1. The molecule has 1 saturated heterocycles. The zero-order chi connectivity index (χ0) is 15.0. The maximum atomic E-state index is 11.3. The lowest BCUT2D eigenvalue weighted by Gasteiger charge is -2.30. The Balaban J connectivity index is 2.15. The van der Waals surface area contributed by atoms with Crippen molar-refractivity contribution in [3.63, 3.8) is 0 Å². The number of carbonyl (C=O) groups is 1. The summed E-state index contributed by atoms with van der Waals surface area (Å²) in [6.45, 7) is 8.24. The Morgan fingerprint density at radius 2 is 2.00 bits per heavy atom. The summed E-state index contributed by atoms with van der Waals surface area (Å²) in [4.78, 5) is 17.1. The first-order valence-electron chi connectivity index (χ1n) is 7.42. The number of aryl methyl sites for hydroxylation is 2. The molecule has 0 unspecified atom stereocenters. The minimum atomic E-state index is -0.295. The molecule has 5 nitrogen and oxygen atoms in total. The number of hydrogen-bond donors (Lipinski definition) is 3. The molecule has 0 aliphatic carbocycles. The molecule has 0 atom stereocenters. The molecule has 0 bridgehead atoms. The molecule has 2 heterocycles. The highest BCUT2D eigenvalue weighted by Gasteiger charge is 2.19. The molecular formula is C16H22N4O. The van der Waals surface area contributed by atoms with Crippen molar-refractivity contribution in [2.45, 2.75) is 20.3 Å². The van der Waals surface area contributed by atoms with E-state index in [1.807, 2.05) is 6.07 Å². The average Bonchev–Trinajstić information content (AvgIpc) is 2.77. The standard InChI is InChI=1S/C16H22N4O/c1-10-11(2)19-16-12(9-14(17)21)3-4-13(15(10)16)20-7-5-18-6-8-20/h3-4,18-19H,5-9H2,1-2H3,(H2,17,21). The Kier molecular flexibility index (Phi) is 3.59. The number of nitrogens with two attached hydrogens (primary N) is 1. The highest BCUT2D eigenvalue weighted by Crippen LogP contribution is 2.34. The van der Waals surface area contributed by atoms with Gasteiger partial charge in [-0.05, 0) is 31.0 Å². The Hall–Kier alpha value is -2.01. The molecule has 3 rings (SSSR count). The van der Waals surface area contributed by atoms with E-state index >= 15 is 0 Å². The first-order chi connectivity index (χ1) is 10.1. The lowest BCUT2D eigenvalue weighted by atomic mass is 10.0. The van der Waals surface area contributed by atoms with Crippen LogP contribution in [0.15, 0.2) is 12.1 Å². The van der Waals surface area contributed by atoms with Gasteiger partial charge in [0.25, 0.3) is 0 Å². The maximum absolute atomic E-state index is 11.3. The second kappa shape index (κ2) is 5.41. The molecule has 1 amide bonds. The fraction of sp³-hybridized carbons (Fsp3) is 0.438. The van der Waals surface area contributed by atoms with Crippen molar-refractivity contribution >= 4 is 22.5 Å². The third-order valence-electron chi connectivity index (χ3n) is 4.34. The van der Waals surface area contributed by atoms with Gasteiger partial charge in [0.05, 0.1) is 11.9 Å². The van der Waals surface area contributed by atoms with Gasteiger partial charge in [0, 0.05) is 42.9 Å². The smallest absolute Gasteiger partial charge is 0.221 e. The van der Waals surface area contributed by atoms with E-state index < -0.39 is 0 Å². The van der Waals surface area contributed by atoms with Crippen molar-refractivity contribution in [3.8, 4) is 0 Å². The van der Waals surface area contributed by atoms with E-state index in [-0.39, 0.29) is 12.3 Å². The van der Waals surface area contributed by atoms with Crippen LogP contribution in [-0.2, 0) is 11.2 Å². The maximum Gasteiger partial charge on any atom is 0.221 e. The molecular weight excluding hydrogens is 264 g/mol. The number of carbonyl (C=O) groups excluding carboxylic acids is 1. The van der Waals surface area contributed by atoms with Gasteiger partial charge < -0.3 is 20.9 Å². The summed E-state index contributed by atoms with van der Waals surface area (Å²) >= 11 is 0. The highest BCUT2D eigenvalue weighted by molar-refractivity contribution is 5.99. The minimum Gasteiger partial charge on any atom is -0.369 e. The SMILES string of the molecule is Cc1[nH]c2c(CC(N)=O)ccc(N3CCNCC3)c2c1C. The molecule has 21 heavy (non-hydrogen) atoms. The van der Waals surface area contributed by atoms with Crippen LogP contribution < -0.4 is 16.0 Å². The number of primary amides is 1. The molecule has 0 saturated carbocycles. The van der Waals surface area contributed by atoms with Gasteiger partial charge in [-0.25, -0.2) is 0 Å². The molecule has 112 valence electrons. The first kappa shape index (κ1) is 13.9. The number of hydrogen-bond acceptors (Lipinski definition) is 3. The number of aromatic nitrogens is 1. The summed E-state index contributed by atoms with van der Waals surface area (Å²) in [6, 6.07) is 4.16. The summed E-state index contributed by atoms with van der Waals surface area (Å²) in [5.74, 6) is -0.295. The van der Waals surface area contributed by atoms with Crippen LogP contribution in [0.25, 0.3) is 10.9 Å². The third kappa shape index (κ3) is 2.49. The second-order valence-electron chi connectivity index (χ2n) is 5.75. The lowest BCUT2D eigenvalue weighted by Crippen LogP contribution is -2.43. The Bertz CT molecular complexity index is 683. The van der Waals surface area contributed by atoms with Crippen molar-refractivity contribution < 1.29 is 4.79 Å². The van der Waals surface area contributed by atoms with Crippen LogP contribution in [-0.4, -0.2) is 37.1 Å².